The first-order chi connectivity index (χ1) is 19.1. The number of benzene rings is 3. The van der Waals surface area contributed by atoms with Crippen molar-refractivity contribution < 1.29 is 19.4 Å². The molecule has 40 heavy (non-hydrogen) atoms. The molecule has 0 spiro atoms. The number of rotatable bonds is 9. The molecule has 3 aromatic carbocycles. The third-order valence-electron chi connectivity index (χ3n) is 7.44. The third-order valence-corrected chi connectivity index (χ3v) is 7.44. The molecule has 0 bridgehead atoms. The summed E-state index contributed by atoms with van der Waals surface area (Å²) >= 11 is 0. The molecule has 0 radical (unpaired) electrons. The van der Waals surface area contributed by atoms with E-state index in [0.29, 0.717) is 32.6 Å². The number of nitrogens with zero attached hydrogens (tertiary/aromatic N) is 2. The monoisotopic (exact) mass is 545 g/mol. The van der Waals surface area contributed by atoms with Gasteiger partial charge in [-0.15, -0.1) is 0 Å². The summed E-state index contributed by atoms with van der Waals surface area (Å²) in [7, 11) is 0. The largest absolute Gasteiger partial charge is 0.508 e. The van der Waals surface area contributed by atoms with Crippen molar-refractivity contribution >= 4 is 22.8 Å². The molecule has 0 aromatic heterocycles. The van der Waals surface area contributed by atoms with Crippen molar-refractivity contribution in [3.05, 3.63) is 77.9 Å². The summed E-state index contributed by atoms with van der Waals surface area (Å²) in [5.74, 6) is 0.280. The molecule has 1 fully saturated rings. The van der Waals surface area contributed by atoms with Crippen LogP contribution in [0.1, 0.15) is 62.9 Å². The highest BCUT2D eigenvalue weighted by Crippen LogP contribution is 2.24. The number of phenols is 1. The van der Waals surface area contributed by atoms with E-state index in [0.717, 1.165) is 41.2 Å². The van der Waals surface area contributed by atoms with Crippen LogP contribution >= 0.6 is 0 Å². The molecule has 1 saturated heterocycles. The van der Waals surface area contributed by atoms with E-state index < -0.39 is 11.7 Å². The minimum absolute atomic E-state index is 0.0654. The fourth-order valence-corrected chi connectivity index (χ4v) is 5.48. The van der Waals surface area contributed by atoms with Gasteiger partial charge in [-0.3, -0.25) is 9.69 Å². The fourth-order valence-electron chi connectivity index (χ4n) is 5.48. The maximum Gasteiger partial charge on any atom is 0.407 e. The highest BCUT2D eigenvalue weighted by atomic mass is 16.6. The number of aromatic hydroxyl groups is 1. The summed E-state index contributed by atoms with van der Waals surface area (Å²) in [5.41, 5.74) is 0.907. The lowest BCUT2D eigenvalue weighted by atomic mass is 9.99. The SMILES string of the molecule is CCCC[C@H]1CN(C(=O)c2cccc3ccccc23)CCN1CC(Cc1ccccc1O)NC(=O)OC(C)(C)C. The molecule has 7 nitrogen and oxygen atoms in total. The normalized spacial score (nSPS) is 17.0. The Bertz CT molecular complexity index is 1300. The standard InChI is InChI=1S/C33H43N3O4/c1-5-6-15-27-23-36(31(38)29-17-11-14-24-12-7-9-16-28(24)29)20-19-35(27)22-26(34-32(39)40-33(2,3)4)21-25-13-8-10-18-30(25)37/h7-14,16-18,26-27,37H,5-6,15,19-23H2,1-4H3,(H,34,39)/t26?,27-/m0/s1. The van der Waals surface area contributed by atoms with Gasteiger partial charge in [0.15, 0.2) is 0 Å². The molecule has 1 aliphatic heterocycles. The number of carbonyl (C=O) groups is 2. The molecule has 0 saturated carbocycles. The van der Waals surface area contributed by atoms with Crippen LogP contribution < -0.4 is 5.32 Å². The van der Waals surface area contributed by atoms with Gasteiger partial charge in [0.05, 0.1) is 0 Å². The second kappa shape index (κ2) is 13.2. The summed E-state index contributed by atoms with van der Waals surface area (Å²) in [6.07, 6.45) is 3.09. The zero-order valence-corrected chi connectivity index (χ0v) is 24.2. The number of hydrogen-bond donors (Lipinski definition) is 2. The molecule has 2 N–H and O–H groups in total. The zero-order chi connectivity index (χ0) is 28.7. The number of piperazine rings is 1. The van der Waals surface area contributed by atoms with Crippen LogP contribution in [-0.4, -0.2) is 70.8 Å². The van der Waals surface area contributed by atoms with Crippen molar-refractivity contribution in [3.8, 4) is 5.75 Å². The van der Waals surface area contributed by atoms with Gasteiger partial charge < -0.3 is 20.1 Å². The van der Waals surface area contributed by atoms with Crippen molar-refractivity contribution in [2.75, 3.05) is 26.2 Å². The molecular weight excluding hydrogens is 502 g/mol. The second-order valence-corrected chi connectivity index (χ2v) is 11.7. The quantitative estimate of drug-likeness (QED) is 0.345. The Morgan fingerprint density at radius 3 is 2.50 bits per heavy atom. The van der Waals surface area contributed by atoms with Gasteiger partial charge in [-0.05, 0) is 62.1 Å². The van der Waals surface area contributed by atoms with Crippen molar-refractivity contribution in [1.29, 1.82) is 0 Å². The van der Waals surface area contributed by atoms with Gasteiger partial charge in [0.2, 0.25) is 0 Å². The molecule has 1 heterocycles. The lowest BCUT2D eigenvalue weighted by Gasteiger charge is -2.43. The Hall–Kier alpha value is -3.58. The van der Waals surface area contributed by atoms with Gasteiger partial charge in [0.1, 0.15) is 11.4 Å². The van der Waals surface area contributed by atoms with Gasteiger partial charge in [-0.1, -0.05) is 74.4 Å². The number of unbranched alkanes of at least 4 members (excludes halogenated alkanes) is 1. The molecule has 4 rings (SSSR count). The van der Waals surface area contributed by atoms with Crippen LogP contribution in [0.2, 0.25) is 0 Å². The van der Waals surface area contributed by atoms with E-state index in [1.807, 2.05) is 80.3 Å². The maximum atomic E-state index is 13.7. The molecule has 1 unspecified atom stereocenters. The molecule has 2 amide bonds. The highest BCUT2D eigenvalue weighted by Gasteiger charge is 2.32. The van der Waals surface area contributed by atoms with Crippen molar-refractivity contribution in [3.63, 3.8) is 0 Å². The van der Waals surface area contributed by atoms with Crippen LogP contribution in [-0.2, 0) is 11.2 Å². The Morgan fingerprint density at radius 1 is 1.02 bits per heavy atom. The van der Waals surface area contributed by atoms with E-state index in [1.54, 1.807) is 12.1 Å². The number of carbonyl (C=O) groups excluding carboxylic acids is 2. The van der Waals surface area contributed by atoms with Gasteiger partial charge in [0.25, 0.3) is 5.91 Å². The van der Waals surface area contributed by atoms with Gasteiger partial charge >= 0.3 is 6.09 Å². The van der Waals surface area contributed by atoms with Gasteiger partial charge in [-0.25, -0.2) is 4.79 Å². The predicted molar refractivity (Wildman–Crippen MR) is 160 cm³/mol. The number of hydrogen-bond acceptors (Lipinski definition) is 5. The maximum absolute atomic E-state index is 13.7. The Balaban J connectivity index is 1.52. The van der Waals surface area contributed by atoms with E-state index in [-0.39, 0.29) is 23.7 Å². The van der Waals surface area contributed by atoms with Crippen LogP contribution in [0.3, 0.4) is 0 Å². The molecule has 2 atom stereocenters. The molecule has 214 valence electrons. The number of ether oxygens (including phenoxy) is 1. The molecular formula is C33H43N3O4. The lowest BCUT2D eigenvalue weighted by molar-refractivity contribution is 0.0372. The number of amides is 2. The summed E-state index contributed by atoms with van der Waals surface area (Å²) < 4.78 is 5.57. The van der Waals surface area contributed by atoms with Crippen molar-refractivity contribution in [2.24, 2.45) is 0 Å². The summed E-state index contributed by atoms with van der Waals surface area (Å²) in [5, 5.41) is 15.5. The van der Waals surface area contributed by atoms with E-state index in [1.165, 1.54) is 0 Å². The Labute approximate surface area is 238 Å². The van der Waals surface area contributed by atoms with Gasteiger partial charge in [0, 0.05) is 43.8 Å². The molecule has 1 aliphatic rings. The first-order valence-electron chi connectivity index (χ1n) is 14.4. The minimum atomic E-state index is -0.610. The highest BCUT2D eigenvalue weighted by molar-refractivity contribution is 6.07. The molecule has 3 aromatic rings. The van der Waals surface area contributed by atoms with E-state index in [4.69, 9.17) is 4.74 Å². The summed E-state index contributed by atoms with van der Waals surface area (Å²) in [6, 6.07) is 21.1. The van der Waals surface area contributed by atoms with Gasteiger partial charge in [-0.2, -0.15) is 0 Å². The number of fused-ring (bicyclic) bond motifs is 1. The van der Waals surface area contributed by atoms with Crippen LogP contribution in [0.15, 0.2) is 66.7 Å². The first kappa shape index (κ1) is 29.4. The Kier molecular flexibility index (Phi) is 9.69. The first-order valence-corrected chi connectivity index (χ1v) is 14.4. The summed E-state index contributed by atoms with van der Waals surface area (Å²) in [4.78, 5) is 30.9. The minimum Gasteiger partial charge on any atom is -0.508 e. The average molecular weight is 546 g/mol. The van der Waals surface area contributed by atoms with Crippen LogP contribution in [0.4, 0.5) is 4.79 Å². The van der Waals surface area contributed by atoms with Crippen LogP contribution in [0.25, 0.3) is 10.8 Å². The van der Waals surface area contributed by atoms with E-state index in [9.17, 15) is 14.7 Å². The fraction of sp³-hybridized carbons (Fsp3) is 0.455. The topological polar surface area (TPSA) is 82.1 Å². The average Bonchev–Trinajstić information content (AvgIpc) is 2.92. The molecule has 0 aliphatic carbocycles. The van der Waals surface area contributed by atoms with Crippen molar-refractivity contribution in [2.45, 2.75) is 71.1 Å². The smallest absolute Gasteiger partial charge is 0.407 e. The number of alkyl carbamates (subject to hydrolysis) is 1. The van der Waals surface area contributed by atoms with Crippen molar-refractivity contribution in [1.82, 2.24) is 15.1 Å². The van der Waals surface area contributed by atoms with E-state index in [2.05, 4.69) is 17.1 Å². The predicted octanol–water partition coefficient (Wildman–Crippen LogP) is 6.00. The third kappa shape index (κ3) is 7.75. The van der Waals surface area contributed by atoms with Crippen LogP contribution in [0, 0.1) is 0 Å². The number of nitrogens with one attached hydrogen (secondary N) is 1. The van der Waals surface area contributed by atoms with E-state index >= 15 is 0 Å². The number of phenolic OH excluding ortho intramolecular Hbond substituents is 1. The van der Waals surface area contributed by atoms with Crippen LogP contribution in [0.5, 0.6) is 5.75 Å². The second-order valence-electron chi connectivity index (χ2n) is 11.7. The zero-order valence-electron chi connectivity index (χ0n) is 24.2. The summed E-state index contributed by atoms with van der Waals surface area (Å²) in [6.45, 7) is 10.3. The lowest BCUT2D eigenvalue weighted by Crippen LogP contribution is -2.58. The molecule has 7 heteroatoms. The number of para-hydroxylation sites is 1. The Morgan fingerprint density at radius 2 is 1.75 bits per heavy atom.